The zero-order valence-electron chi connectivity index (χ0n) is 9.98. The van der Waals surface area contributed by atoms with Crippen molar-refractivity contribution in [2.45, 2.75) is 0 Å². The van der Waals surface area contributed by atoms with Crippen LogP contribution in [0.15, 0.2) is 54.7 Å². The number of amides is 1. The number of hydrogen-bond acceptors (Lipinski definition) is 1. The van der Waals surface area contributed by atoms with Gasteiger partial charge in [-0.3, -0.25) is 4.79 Å². The number of aromatic nitrogens is 1. The molecule has 0 unspecified atom stereocenters. The number of anilines is 1. The average Bonchev–Trinajstić information content (AvgIpc) is 2.88. The van der Waals surface area contributed by atoms with Crippen molar-refractivity contribution in [3.8, 4) is 0 Å². The van der Waals surface area contributed by atoms with Gasteiger partial charge in [-0.05, 0) is 47.9 Å². The molecule has 0 bridgehead atoms. The molecular formula is C15H11ClN2O. The minimum absolute atomic E-state index is 0.140. The van der Waals surface area contributed by atoms with E-state index in [-0.39, 0.29) is 5.91 Å². The van der Waals surface area contributed by atoms with Crippen LogP contribution in [0.4, 0.5) is 5.69 Å². The van der Waals surface area contributed by atoms with E-state index >= 15 is 0 Å². The van der Waals surface area contributed by atoms with E-state index in [1.807, 2.05) is 24.4 Å². The quantitative estimate of drug-likeness (QED) is 0.724. The lowest BCUT2D eigenvalue weighted by molar-refractivity contribution is 0.102. The Morgan fingerprint density at radius 2 is 1.84 bits per heavy atom. The fraction of sp³-hybridized carbons (Fsp3) is 0. The average molecular weight is 271 g/mol. The highest BCUT2D eigenvalue weighted by molar-refractivity contribution is 6.30. The summed E-state index contributed by atoms with van der Waals surface area (Å²) < 4.78 is 0. The molecule has 0 spiro atoms. The normalized spacial score (nSPS) is 10.6. The molecule has 3 nitrogen and oxygen atoms in total. The zero-order valence-corrected chi connectivity index (χ0v) is 10.7. The molecule has 3 aromatic rings. The molecule has 1 aromatic heterocycles. The summed E-state index contributed by atoms with van der Waals surface area (Å²) in [6.45, 7) is 0. The summed E-state index contributed by atoms with van der Waals surface area (Å²) >= 11 is 5.80. The second-order valence-electron chi connectivity index (χ2n) is 4.24. The number of hydrogen-bond donors (Lipinski definition) is 2. The molecule has 0 saturated carbocycles. The van der Waals surface area contributed by atoms with Crippen LogP contribution in [0.1, 0.15) is 10.4 Å². The first-order valence-corrected chi connectivity index (χ1v) is 6.24. The van der Waals surface area contributed by atoms with Gasteiger partial charge < -0.3 is 10.3 Å². The third-order valence-corrected chi connectivity index (χ3v) is 3.17. The van der Waals surface area contributed by atoms with Crippen molar-refractivity contribution in [2.75, 3.05) is 5.32 Å². The van der Waals surface area contributed by atoms with Crippen LogP contribution in [0.3, 0.4) is 0 Å². The maximum absolute atomic E-state index is 12.1. The van der Waals surface area contributed by atoms with Crippen LogP contribution >= 0.6 is 11.6 Å². The predicted molar refractivity (Wildman–Crippen MR) is 77.7 cm³/mol. The van der Waals surface area contributed by atoms with Crippen LogP contribution in [0.5, 0.6) is 0 Å². The van der Waals surface area contributed by atoms with Gasteiger partial charge in [0.25, 0.3) is 5.91 Å². The molecule has 94 valence electrons. The van der Waals surface area contributed by atoms with E-state index in [1.165, 1.54) is 0 Å². The maximum Gasteiger partial charge on any atom is 0.255 e. The SMILES string of the molecule is O=C(Nc1ccc(Cl)cc1)c1ccc2cc[nH]c2c1. The van der Waals surface area contributed by atoms with Crippen molar-refractivity contribution in [3.63, 3.8) is 0 Å². The Hall–Kier alpha value is -2.26. The van der Waals surface area contributed by atoms with Gasteiger partial charge in [0.1, 0.15) is 0 Å². The van der Waals surface area contributed by atoms with E-state index in [9.17, 15) is 4.79 Å². The third kappa shape index (κ3) is 2.46. The Morgan fingerprint density at radius 3 is 2.63 bits per heavy atom. The molecule has 0 atom stereocenters. The molecule has 1 heterocycles. The lowest BCUT2D eigenvalue weighted by atomic mass is 10.1. The molecular weight excluding hydrogens is 260 g/mol. The number of aromatic amines is 1. The predicted octanol–water partition coefficient (Wildman–Crippen LogP) is 4.07. The summed E-state index contributed by atoms with van der Waals surface area (Å²) in [5.74, 6) is -0.140. The highest BCUT2D eigenvalue weighted by Gasteiger charge is 2.07. The van der Waals surface area contributed by atoms with Gasteiger partial charge in [-0.1, -0.05) is 17.7 Å². The first-order chi connectivity index (χ1) is 9.22. The Kier molecular flexibility index (Phi) is 2.97. The molecule has 0 radical (unpaired) electrons. The van der Waals surface area contributed by atoms with E-state index in [0.717, 1.165) is 16.6 Å². The molecule has 3 rings (SSSR count). The van der Waals surface area contributed by atoms with Gasteiger partial charge in [-0.2, -0.15) is 0 Å². The molecule has 0 aliphatic rings. The van der Waals surface area contributed by atoms with E-state index < -0.39 is 0 Å². The summed E-state index contributed by atoms with van der Waals surface area (Å²) in [6.07, 6.45) is 1.85. The van der Waals surface area contributed by atoms with Crippen molar-refractivity contribution in [1.82, 2.24) is 4.98 Å². The monoisotopic (exact) mass is 270 g/mol. The number of halogens is 1. The molecule has 0 saturated heterocycles. The minimum Gasteiger partial charge on any atom is -0.361 e. The van der Waals surface area contributed by atoms with E-state index in [4.69, 9.17) is 11.6 Å². The van der Waals surface area contributed by atoms with Crippen LogP contribution in [0, 0.1) is 0 Å². The van der Waals surface area contributed by atoms with Crippen molar-refractivity contribution in [1.29, 1.82) is 0 Å². The number of H-pyrrole nitrogens is 1. The van der Waals surface area contributed by atoms with Gasteiger partial charge in [-0.15, -0.1) is 0 Å². The summed E-state index contributed by atoms with van der Waals surface area (Å²) in [5.41, 5.74) is 2.29. The van der Waals surface area contributed by atoms with Crippen LogP contribution < -0.4 is 5.32 Å². The van der Waals surface area contributed by atoms with Crippen molar-refractivity contribution < 1.29 is 4.79 Å². The van der Waals surface area contributed by atoms with Crippen LogP contribution in [0.2, 0.25) is 5.02 Å². The van der Waals surface area contributed by atoms with E-state index in [2.05, 4.69) is 10.3 Å². The van der Waals surface area contributed by atoms with Gasteiger partial charge in [0.2, 0.25) is 0 Å². The zero-order chi connectivity index (χ0) is 13.2. The third-order valence-electron chi connectivity index (χ3n) is 2.92. The molecule has 0 fully saturated rings. The lowest BCUT2D eigenvalue weighted by Crippen LogP contribution is -2.11. The molecule has 1 amide bonds. The maximum atomic E-state index is 12.1. The lowest BCUT2D eigenvalue weighted by Gasteiger charge is -2.05. The van der Waals surface area contributed by atoms with Crippen molar-refractivity contribution in [3.05, 3.63) is 65.3 Å². The fourth-order valence-electron chi connectivity index (χ4n) is 1.93. The van der Waals surface area contributed by atoms with Gasteiger partial charge in [0.15, 0.2) is 0 Å². The number of carbonyl (C=O) groups excluding carboxylic acids is 1. The van der Waals surface area contributed by atoms with Crippen molar-refractivity contribution >= 4 is 34.1 Å². The smallest absolute Gasteiger partial charge is 0.255 e. The summed E-state index contributed by atoms with van der Waals surface area (Å²) in [7, 11) is 0. The number of fused-ring (bicyclic) bond motifs is 1. The summed E-state index contributed by atoms with van der Waals surface area (Å²) in [4.78, 5) is 15.2. The standard InChI is InChI=1S/C15H11ClN2O/c16-12-3-5-13(6-4-12)18-15(19)11-2-1-10-7-8-17-14(10)9-11/h1-9,17H,(H,18,19). The molecule has 4 heteroatoms. The van der Waals surface area contributed by atoms with E-state index in [1.54, 1.807) is 30.3 Å². The molecule has 0 aliphatic carbocycles. The summed E-state index contributed by atoms with van der Waals surface area (Å²) in [6, 6.07) is 14.6. The van der Waals surface area contributed by atoms with Gasteiger partial charge >= 0.3 is 0 Å². The first-order valence-electron chi connectivity index (χ1n) is 5.86. The van der Waals surface area contributed by atoms with Gasteiger partial charge in [-0.25, -0.2) is 0 Å². The summed E-state index contributed by atoms with van der Waals surface area (Å²) in [5, 5.41) is 4.56. The Morgan fingerprint density at radius 1 is 1.05 bits per heavy atom. The van der Waals surface area contributed by atoms with Crippen LogP contribution in [0.25, 0.3) is 10.9 Å². The minimum atomic E-state index is -0.140. The Bertz CT molecular complexity index is 731. The van der Waals surface area contributed by atoms with Crippen molar-refractivity contribution in [2.24, 2.45) is 0 Å². The van der Waals surface area contributed by atoms with Crippen LogP contribution in [-0.2, 0) is 0 Å². The number of benzene rings is 2. The van der Waals surface area contributed by atoms with Gasteiger partial charge in [0.05, 0.1) is 0 Å². The largest absolute Gasteiger partial charge is 0.361 e. The van der Waals surface area contributed by atoms with Gasteiger partial charge in [0, 0.05) is 28.0 Å². The molecule has 19 heavy (non-hydrogen) atoms. The Balaban J connectivity index is 1.84. The molecule has 2 N–H and O–H groups in total. The first kappa shape index (κ1) is 11.8. The fourth-order valence-corrected chi connectivity index (χ4v) is 2.05. The number of rotatable bonds is 2. The van der Waals surface area contributed by atoms with E-state index in [0.29, 0.717) is 10.6 Å². The number of carbonyl (C=O) groups is 1. The molecule has 0 aliphatic heterocycles. The second-order valence-corrected chi connectivity index (χ2v) is 4.68. The highest BCUT2D eigenvalue weighted by atomic mass is 35.5. The highest BCUT2D eigenvalue weighted by Crippen LogP contribution is 2.17. The second kappa shape index (κ2) is 4.78. The Labute approximate surface area is 115 Å². The topological polar surface area (TPSA) is 44.9 Å². The number of nitrogens with one attached hydrogen (secondary N) is 2. The molecule has 2 aromatic carbocycles. The van der Waals surface area contributed by atoms with Crippen LogP contribution in [-0.4, -0.2) is 10.9 Å².